The third kappa shape index (κ3) is 2.55. The van der Waals surface area contributed by atoms with Crippen LogP contribution in [0.25, 0.3) is 0 Å². The average Bonchev–Trinajstić information content (AvgIpc) is 2.37. The molecule has 0 aromatic rings. The monoisotopic (exact) mass is 152 g/mol. The van der Waals surface area contributed by atoms with Crippen LogP contribution in [-0.2, 0) is 0 Å². The molecule has 0 aromatic carbocycles. The van der Waals surface area contributed by atoms with E-state index in [1.165, 1.54) is 12.8 Å². The Morgan fingerprint density at radius 2 is 2.27 bits per heavy atom. The van der Waals surface area contributed by atoms with Gasteiger partial charge in [0.1, 0.15) is 0 Å². The van der Waals surface area contributed by atoms with Crippen molar-refractivity contribution in [2.75, 3.05) is 0 Å². The molecule has 1 fully saturated rings. The Hall–Kier alpha value is -0.480. The maximum absolute atomic E-state index is 9.44. The highest BCUT2D eigenvalue weighted by molar-refractivity contribution is 4.84. The molecular formula is C10H16O. The van der Waals surface area contributed by atoms with Gasteiger partial charge in [-0.3, -0.25) is 0 Å². The Kier molecular flexibility index (Phi) is 3.45. The van der Waals surface area contributed by atoms with Crippen LogP contribution < -0.4 is 0 Å². The highest BCUT2D eigenvalue weighted by Crippen LogP contribution is 2.29. The van der Waals surface area contributed by atoms with Gasteiger partial charge >= 0.3 is 0 Å². The summed E-state index contributed by atoms with van der Waals surface area (Å²) in [6, 6.07) is 0. The van der Waals surface area contributed by atoms with Gasteiger partial charge in [-0.1, -0.05) is 6.42 Å². The Morgan fingerprint density at radius 1 is 1.45 bits per heavy atom. The fraction of sp³-hybridized carbons (Fsp3) is 0.800. The SMILES string of the molecule is C#CCCC[C@@H]1CCC[C@H]1O. The Labute approximate surface area is 68.8 Å². The van der Waals surface area contributed by atoms with Gasteiger partial charge in [0.15, 0.2) is 0 Å². The van der Waals surface area contributed by atoms with Crippen molar-refractivity contribution in [1.29, 1.82) is 0 Å². The van der Waals surface area contributed by atoms with E-state index in [4.69, 9.17) is 6.42 Å². The third-order valence-electron chi connectivity index (χ3n) is 2.51. The molecule has 0 saturated heterocycles. The van der Waals surface area contributed by atoms with Gasteiger partial charge in [-0.15, -0.1) is 12.3 Å². The minimum absolute atomic E-state index is 0.0345. The maximum atomic E-state index is 9.44. The highest BCUT2D eigenvalue weighted by atomic mass is 16.3. The van der Waals surface area contributed by atoms with E-state index in [1.54, 1.807) is 0 Å². The first-order chi connectivity index (χ1) is 5.34. The average molecular weight is 152 g/mol. The molecule has 0 aromatic heterocycles. The fourth-order valence-electron chi connectivity index (χ4n) is 1.82. The topological polar surface area (TPSA) is 20.2 Å². The van der Waals surface area contributed by atoms with Crippen molar-refractivity contribution >= 4 is 0 Å². The van der Waals surface area contributed by atoms with Gasteiger partial charge in [-0.2, -0.15) is 0 Å². The van der Waals surface area contributed by atoms with Crippen LogP contribution in [-0.4, -0.2) is 11.2 Å². The lowest BCUT2D eigenvalue weighted by atomic mass is 9.99. The van der Waals surface area contributed by atoms with Crippen molar-refractivity contribution in [1.82, 2.24) is 0 Å². The number of aliphatic hydroxyl groups excluding tert-OH is 1. The Bertz CT molecular complexity index is 145. The molecule has 2 atom stereocenters. The van der Waals surface area contributed by atoms with Crippen molar-refractivity contribution in [3.63, 3.8) is 0 Å². The van der Waals surface area contributed by atoms with Crippen LogP contribution in [0.3, 0.4) is 0 Å². The van der Waals surface area contributed by atoms with Crippen molar-refractivity contribution in [3.8, 4) is 12.3 Å². The molecule has 0 bridgehead atoms. The Morgan fingerprint density at radius 3 is 2.82 bits per heavy atom. The zero-order chi connectivity index (χ0) is 8.10. The molecule has 0 heterocycles. The number of hydrogen-bond acceptors (Lipinski definition) is 1. The molecule has 1 heteroatoms. The Balaban J connectivity index is 2.11. The summed E-state index contributed by atoms with van der Waals surface area (Å²) in [6.07, 6.45) is 11.6. The third-order valence-corrected chi connectivity index (χ3v) is 2.51. The molecule has 1 aliphatic rings. The molecule has 1 nitrogen and oxygen atoms in total. The molecule has 0 aliphatic heterocycles. The van der Waals surface area contributed by atoms with Gasteiger partial charge in [-0.25, -0.2) is 0 Å². The first-order valence-electron chi connectivity index (χ1n) is 4.46. The minimum Gasteiger partial charge on any atom is -0.393 e. The van der Waals surface area contributed by atoms with E-state index < -0.39 is 0 Å². The maximum Gasteiger partial charge on any atom is 0.0568 e. The van der Waals surface area contributed by atoms with E-state index in [9.17, 15) is 5.11 Å². The van der Waals surface area contributed by atoms with Crippen molar-refractivity contribution in [2.45, 2.75) is 44.6 Å². The summed E-state index contributed by atoms with van der Waals surface area (Å²) in [5.41, 5.74) is 0. The van der Waals surface area contributed by atoms with E-state index in [2.05, 4.69) is 5.92 Å². The lowest BCUT2D eigenvalue weighted by molar-refractivity contribution is 0.127. The summed E-state index contributed by atoms with van der Waals surface area (Å²) in [7, 11) is 0. The first-order valence-corrected chi connectivity index (χ1v) is 4.46. The fourth-order valence-corrected chi connectivity index (χ4v) is 1.82. The molecule has 1 N–H and O–H groups in total. The summed E-state index contributed by atoms with van der Waals surface area (Å²) in [5, 5.41) is 9.44. The second-order valence-corrected chi connectivity index (χ2v) is 3.35. The van der Waals surface area contributed by atoms with E-state index in [0.29, 0.717) is 5.92 Å². The molecule has 1 rings (SSSR count). The van der Waals surface area contributed by atoms with Crippen LogP contribution in [0.15, 0.2) is 0 Å². The number of aliphatic hydroxyl groups is 1. The van der Waals surface area contributed by atoms with Crippen LogP contribution in [0.4, 0.5) is 0 Å². The van der Waals surface area contributed by atoms with Gasteiger partial charge in [-0.05, 0) is 31.6 Å². The smallest absolute Gasteiger partial charge is 0.0568 e. The van der Waals surface area contributed by atoms with Crippen molar-refractivity contribution in [2.24, 2.45) is 5.92 Å². The zero-order valence-electron chi connectivity index (χ0n) is 6.92. The van der Waals surface area contributed by atoms with E-state index in [1.807, 2.05) is 0 Å². The predicted molar refractivity (Wildman–Crippen MR) is 46.0 cm³/mol. The largest absolute Gasteiger partial charge is 0.393 e. The zero-order valence-corrected chi connectivity index (χ0v) is 6.92. The molecule has 1 saturated carbocycles. The first kappa shape index (κ1) is 8.62. The van der Waals surface area contributed by atoms with Crippen molar-refractivity contribution in [3.05, 3.63) is 0 Å². The van der Waals surface area contributed by atoms with Gasteiger partial charge < -0.3 is 5.11 Å². The second kappa shape index (κ2) is 4.41. The van der Waals surface area contributed by atoms with Crippen LogP contribution in [0, 0.1) is 18.3 Å². The molecule has 0 spiro atoms. The van der Waals surface area contributed by atoms with Crippen LogP contribution in [0.5, 0.6) is 0 Å². The number of rotatable bonds is 3. The summed E-state index contributed by atoms with van der Waals surface area (Å²) < 4.78 is 0. The summed E-state index contributed by atoms with van der Waals surface area (Å²) in [5.74, 6) is 3.17. The summed E-state index contributed by atoms with van der Waals surface area (Å²) in [4.78, 5) is 0. The second-order valence-electron chi connectivity index (χ2n) is 3.35. The van der Waals surface area contributed by atoms with Gasteiger partial charge in [0.05, 0.1) is 6.10 Å². The standard InChI is InChI=1S/C10H16O/c1-2-3-4-6-9-7-5-8-10(9)11/h1,9-11H,3-8H2/t9-,10-/m1/s1. The van der Waals surface area contributed by atoms with Gasteiger partial charge in [0, 0.05) is 6.42 Å². The summed E-state index contributed by atoms with van der Waals surface area (Å²) >= 11 is 0. The molecule has 11 heavy (non-hydrogen) atoms. The lowest BCUT2D eigenvalue weighted by Crippen LogP contribution is -2.12. The number of terminal acetylenes is 1. The quantitative estimate of drug-likeness (QED) is 0.484. The van der Waals surface area contributed by atoms with Crippen LogP contribution in [0.1, 0.15) is 38.5 Å². The molecule has 62 valence electrons. The lowest BCUT2D eigenvalue weighted by Gasteiger charge is -2.12. The molecule has 0 amide bonds. The van der Waals surface area contributed by atoms with E-state index >= 15 is 0 Å². The van der Waals surface area contributed by atoms with Gasteiger partial charge in [0.2, 0.25) is 0 Å². The molecule has 1 aliphatic carbocycles. The van der Waals surface area contributed by atoms with Crippen molar-refractivity contribution < 1.29 is 5.11 Å². The normalized spacial score (nSPS) is 30.2. The van der Waals surface area contributed by atoms with E-state index in [-0.39, 0.29) is 6.10 Å². The van der Waals surface area contributed by atoms with Crippen LogP contribution in [0.2, 0.25) is 0 Å². The molecule has 0 unspecified atom stereocenters. The minimum atomic E-state index is -0.0345. The predicted octanol–water partition coefficient (Wildman–Crippen LogP) is 1.95. The van der Waals surface area contributed by atoms with Crippen LogP contribution >= 0.6 is 0 Å². The van der Waals surface area contributed by atoms with Gasteiger partial charge in [0.25, 0.3) is 0 Å². The summed E-state index contributed by atoms with van der Waals surface area (Å²) in [6.45, 7) is 0. The van der Waals surface area contributed by atoms with E-state index in [0.717, 1.165) is 25.7 Å². The number of hydrogen-bond donors (Lipinski definition) is 1. The molecular weight excluding hydrogens is 136 g/mol. The highest BCUT2D eigenvalue weighted by Gasteiger charge is 2.23. The number of unbranched alkanes of at least 4 members (excludes halogenated alkanes) is 1. The molecule has 0 radical (unpaired) electrons.